The second kappa shape index (κ2) is 6.42. The molecule has 0 aliphatic carbocycles. The minimum Gasteiger partial charge on any atom is -0.396 e. The Kier molecular flexibility index (Phi) is 5.18. The van der Waals surface area contributed by atoms with Crippen molar-refractivity contribution in [2.75, 3.05) is 6.61 Å². The maximum atomic E-state index is 11.0. The molecule has 0 amide bonds. The number of pyridine rings is 1. The van der Waals surface area contributed by atoms with Crippen molar-refractivity contribution in [1.29, 1.82) is 0 Å². The smallest absolute Gasteiger partial charge is 0.278 e. The van der Waals surface area contributed by atoms with Crippen molar-refractivity contribution < 1.29 is 10.0 Å². The number of nitrogens with zero attached hydrogens (tertiary/aromatic N) is 2. The lowest BCUT2D eigenvalue weighted by Crippen LogP contribution is -2.27. The average molecular weight is 253 g/mol. The Morgan fingerprint density at radius 1 is 1.56 bits per heavy atom. The van der Waals surface area contributed by atoms with Crippen LogP contribution in [0, 0.1) is 24.0 Å². The van der Waals surface area contributed by atoms with Crippen molar-refractivity contribution in [2.45, 2.75) is 39.8 Å². The highest BCUT2D eigenvalue weighted by atomic mass is 16.6. The van der Waals surface area contributed by atoms with E-state index in [1.54, 1.807) is 13.8 Å². The zero-order valence-corrected chi connectivity index (χ0v) is 10.9. The number of aliphatic hydroxyl groups is 1. The van der Waals surface area contributed by atoms with Crippen molar-refractivity contribution in [2.24, 2.45) is 0 Å². The van der Waals surface area contributed by atoms with E-state index in [4.69, 9.17) is 5.11 Å². The van der Waals surface area contributed by atoms with Crippen LogP contribution in [0.4, 0.5) is 5.69 Å². The molecule has 0 bridgehead atoms. The van der Waals surface area contributed by atoms with E-state index in [1.807, 2.05) is 6.92 Å². The first kappa shape index (κ1) is 14.5. The van der Waals surface area contributed by atoms with E-state index >= 15 is 0 Å². The zero-order valence-electron chi connectivity index (χ0n) is 10.9. The number of nitrogens with one attached hydrogen (secondary N) is 1. The van der Waals surface area contributed by atoms with E-state index in [-0.39, 0.29) is 23.3 Å². The number of rotatable bonds is 6. The summed E-state index contributed by atoms with van der Waals surface area (Å²) in [6, 6.07) is 0.150. The molecule has 0 aliphatic rings. The molecule has 0 fully saturated rings. The number of aryl methyl sites for hydroxylation is 1. The Bertz CT molecular complexity index is 435. The van der Waals surface area contributed by atoms with Gasteiger partial charge < -0.3 is 10.4 Å². The minimum atomic E-state index is -0.368. The summed E-state index contributed by atoms with van der Waals surface area (Å²) in [4.78, 5) is 14.8. The Morgan fingerprint density at radius 3 is 2.78 bits per heavy atom. The monoisotopic (exact) mass is 253 g/mol. The number of nitro groups is 1. The molecule has 1 heterocycles. The predicted octanol–water partition coefficient (Wildman–Crippen LogP) is 1.47. The maximum absolute atomic E-state index is 11.0. The van der Waals surface area contributed by atoms with Gasteiger partial charge in [-0.25, -0.2) is 0 Å². The van der Waals surface area contributed by atoms with Crippen molar-refractivity contribution in [3.05, 3.63) is 33.1 Å². The van der Waals surface area contributed by atoms with Crippen LogP contribution in [0.5, 0.6) is 0 Å². The molecular weight excluding hydrogens is 234 g/mol. The van der Waals surface area contributed by atoms with Gasteiger partial charge in [-0.3, -0.25) is 15.1 Å². The molecule has 0 aromatic carbocycles. The second-order valence-electron chi connectivity index (χ2n) is 4.41. The van der Waals surface area contributed by atoms with Crippen LogP contribution in [0.2, 0.25) is 0 Å². The summed E-state index contributed by atoms with van der Waals surface area (Å²) < 4.78 is 0. The van der Waals surface area contributed by atoms with Crippen LogP contribution < -0.4 is 5.32 Å². The molecule has 0 spiro atoms. The quantitative estimate of drug-likeness (QED) is 0.592. The highest BCUT2D eigenvalue weighted by Gasteiger charge is 2.18. The molecule has 18 heavy (non-hydrogen) atoms. The summed E-state index contributed by atoms with van der Waals surface area (Å²) in [5.74, 6) is 0. The molecule has 6 nitrogen and oxygen atoms in total. The van der Waals surface area contributed by atoms with Gasteiger partial charge in [-0.05, 0) is 27.2 Å². The number of hydrogen-bond donors (Lipinski definition) is 2. The fourth-order valence-corrected chi connectivity index (χ4v) is 1.79. The normalized spacial score (nSPS) is 12.4. The molecule has 1 unspecified atom stereocenters. The van der Waals surface area contributed by atoms with Gasteiger partial charge >= 0.3 is 0 Å². The first-order valence-electron chi connectivity index (χ1n) is 5.91. The van der Waals surface area contributed by atoms with Crippen LogP contribution in [0.3, 0.4) is 0 Å². The fourth-order valence-electron chi connectivity index (χ4n) is 1.79. The molecule has 2 N–H and O–H groups in total. The van der Waals surface area contributed by atoms with Crippen LogP contribution in [0.1, 0.15) is 30.2 Å². The fraction of sp³-hybridized carbons (Fsp3) is 0.583. The Balaban J connectivity index is 2.85. The van der Waals surface area contributed by atoms with Gasteiger partial charge in [0.25, 0.3) is 5.69 Å². The van der Waals surface area contributed by atoms with Crippen LogP contribution in [0.15, 0.2) is 6.20 Å². The van der Waals surface area contributed by atoms with Gasteiger partial charge in [-0.1, -0.05) is 0 Å². The van der Waals surface area contributed by atoms with Gasteiger partial charge in [0.05, 0.1) is 10.6 Å². The standard InChI is InChI=1S/C12H19N3O3/c1-8-6-14-11(7-13-9(2)4-5-16)10(3)12(8)15(17)18/h6,9,13,16H,4-5,7H2,1-3H3. The third kappa shape index (κ3) is 3.48. The lowest BCUT2D eigenvalue weighted by atomic mass is 10.1. The molecule has 0 saturated carbocycles. The molecular formula is C12H19N3O3. The molecule has 0 radical (unpaired) electrons. The number of aliphatic hydroxyl groups excluding tert-OH is 1. The van der Waals surface area contributed by atoms with Crippen molar-refractivity contribution in [1.82, 2.24) is 10.3 Å². The van der Waals surface area contributed by atoms with E-state index in [0.29, 0.717) is 29.8 Å². The topological polar surface area (TPSA) is 88.3 Å². The van der Waals surface area contributed by atoms with E-state index in [1.165, 1.54) is 6.20 Å². The second-order valence-corrected chi connectivity index (χ2v) is 4.41. The van der Waals surface area contributed by atoms with Gasteiger partial charge in [0, 0.05) is 36.5 Å². The molecule has 0 aliphatic heterocycles. The van der Waals surface area contributed by atoms with Crippen LogP contribution in [-0.4, -0.2) is 27.7 Å². The van der Waals surface area contributed by atoms with Crippen LogP contribution in [-0.2, 0) is 6.54 Å². The van der Waals surface area contributed by atoms with Gasteiger partial charge in [-0.15, -0.1) is 0 Å². The molecule has 6 heteroatoms. The third-order valence-corrected chi connectivity index (χ3v) is 2.94. The zero-order chi connectivity index (χ0) is 13.7. The van der Waals surface area contributed by atoms with E-state index in [9.17, 15) is 10.1 Å². The maximum Gasteiger partial charge on any atom is 0.278 e. The third-order valence-electron chi connectivity index (χ3n) is 2.94. The SMILES string of the molecule is Cc1cnc(CNC(C)CCO)c(C)c1[N+](=O)[O-]. The summed E-state index contributed by atoms with van der Waals surface area (Å²) in [5.41, 5.74) is 1.99. The van der Waals surface area contributed by atoms with Crippen molar-refractivity contribution in [3.63, 3.8) is 0 Å². The predicted molar refractivity (Wildman–Crippen MR) is 68.4 cm³/mol. The Morgan fingerprint density at radius 2 is 2.22 bits per heavy atom. The summed E-state index contributed by atoms with van der Waals surface area (Å²) in [5, 5.41) is 22.9. The van der Waals surface area contributed by atoms with Crippen LogP contribution >= 0.6 is 0 Å². The summed E-state index contributed by atoms with van der Waals surface area (Å²) in [7, 11) is 0. The molecule has 1 aromatic heterocycles. The molecule has 1 aromatic rings. The minimum absolute atomic E-state index is 0.120. The van der Waals surface area contributed by atoms with Gasteiger partial charge in [-0.2, -0.15) is 0 Å². The van der Waals surface area contributed by atoms with Gasteiger partial charge in [0.1, 0.15) is 0 Å². The lowest BCUT2D eigenvalue weighted by molar-refractivity contribution is -0.386. The molecule has 1 rings (SSSR count). The van der Waals surface area contributed by atoms with Crippen molar-refractivity contribution in [3.8, 4) is 0 Å². The largest absolute Gasteiger partial charge is 0.396 e. The van der Waals surface area contributed by atoms with Gasteiger partial charge in [0.15, 0.2) is 0 Å². The Hall–Kier alpha value is -1.53. The lowest BCUT2D eigenvalue weighted by Gasteiger charge is -2.13. The highest BCUT2D eigenvalue weighted by molar-refractivity contribution is 5.47. The van der Waals surface area contributed by atoms with E-state index in [2.05, 4.69) is 10.3 Å². The summed E-state index contributed by atoms with van der Waals surface area (Å²) >= 11 is 0. The first-order chi connectivity index (χ1) is 8.47. The van der Waals surface area contributed by atoms with Gasteiger partial charge in [0.2, 0.25) is 0 Å². The molecule has 0 saturated heterocycles. The van der Waals surface area contributed by atoms with E-state index in [0.717, 1.165) is 0 Å². The molecule has 1 atom stereocenters. The first-order valence-corrected chi connectivity index (χ1v) is 5.91. The molecule has 100 valence electrons. The van der Waals surface area contributed by atoms with E-state index < -0.39 is 0 Å². The average Bonchev–Trinajstić information content (AvgIpc) is 2.28. The Labute approximate surface area is 106 Å². The summed E-state index contributed by atoms with van der Waals surface area (Å²) in [6.07, 6.45) is 2.17. The highest BCUT2D eigenvalue weighted by Crippen LogP contribution is 2.23. The number of aromatic nitrogens is 1. The van der Waals surface area contributed by atoms with Crippen LogP contribution in [0.25, 0.3) is 0 Å². The number of hydrogen-bond acceptors (Lipinski definition) is 5. The van der Waals surface area contributed by atoms with Crippen molar-refractivity contribution >= 4 is 5.69 Å². The summed E-state index contributed by atoms with van der Waals surface area (Å²) in [6.45, 7) is 5.94.